The van der Waals surface area contributed by atoms with E-state index in [-0.39, 0.29) is 30.0 Å². The summed E-state index contributed by atoms with van der Waals surface area (Å²) < 4.78 is 34.1. The zero-order valence-electron chi connectivity index (χ0n) is 17.4. The van der Waals surface area contributed by atoms with Crippen molar-refractivity contribution < 1.29 is 27.8 Å². The Labute approximate surface area is 180 Å². The zero-order chi connectivity index (χ0) is 22.2. The lowest BCUT2D eigenvalue weighted by Gasteiger charge is -2.32. The molecule has 0 spiro atoms. The van der Waals surface area contributed by atoms with Gasteiger partial charge in [-0.2, -0.15) is 8.78 Å². The smallest absolute Gasteiger partial charge is 0.387 e. The van der Waals surface area contributed by atoms with Crippen molar-refractivity contribution in [3.8, 4) is 11.5 Å². The predicted octanol–water partition coefficient (Wildman–Crippen LogP) is 3.65. The maximum Gasteiger partial charge on any atom is 0.387 e. The maximum atomic E-state index is 12.7. The first-order valence-electron chi connectivity index (χ1n) is 10.3. The van der Waals surface area contributed by atoms with Gasteiger partial charge in [-0.05, 0) is 61.7 Å². The van der Waals surface area contributed by atoms with Crippen LogP contribution in [0.15, 0.2) is 48.5 Å². The lowest BCUT2D eigenvalue weighted by atomic mass is 10.0. The van der Waals surface area contributed by atoms with E-state index >= 15 is 0 Å². The average Bonchev–Trinajstić information content (AvgIpc) is 2.75. The number of likely N-dealkylation sites (tertiary alicyclic amines) is 1. The fourth-order valence-electron chi connectivity index (χ4n) is 3.52. The van der Waals surface area contributed by atoms with Gasteiger partial charge in [0.05, 0.1) is 13.0 Å². The molecule has 1 N–H and O–H groups in total. The van der Waals surface area contributed by atoms with Gasteiger partial charge in [-0.1, -0.05) is 12.1 Å². The standard InChI is InChI=1S/C23H26F2N2O4/c1-2-30-19-9-5-17(6-10-19)22(29)27-13-11-18(12-14-27)26-21(28)15-16-3-7-20(8-4-16)31-23(24)25/h3-10,18,23H,2,11-15H2,1H3,(H,26,28). The van der Waals surface area contributed by atoms with Gasteiger partial charge in [0.2, 0.25) is 5.91 Å². The van der Waals surface area contributed by atoms with Gasteiger partial charge >= 0.3 is 6.61 Å². The van der Waals surface area contributed by atoms with Crippen molar-refractivity contribution in [1.29, 1.82) is 0 Å². The molecule has 2 amide bonds. The van der Waals surface area contributed by atoms with Crippen molar-refractivity contribution in [3.05, 3.63) is 59.7 Å². The Hall–Kier alpha value is -3.16. The number of nitrogens with one attached hydrogen (secondary N) is 1. The molecule has 31 heavy (non-hydrogen) atoms. The van der Waals surface area contributed by atoms with E-state index in [9.17, 15) is 18.4 Å². The fraction of sp³-hybridized carbons (Fsp3) is 0.391. The summed E-state index contributed by atoms with van der Waals surface area (Å²) in [4.78, 5) is 26.8. The lowest BCUT2D eigenvalue weighted by molar-refractivity contribution is -0.121. The van der Waals surface area contributed by atoms with Gasteiger partial charge in [-0.3, -0.25) is 9.59 Å². The number of carbonyl (C=O) groups is 2. The van der Waals surface area contributed by atoms with Crippen LogP contribution in [0.4, 0.5) is 8.78 Å². The topological polar surface area (TPSA) is 67.9 Å². The number of nitrogens with zero attached hydrogens (tertiary/aromatic N) is 1. The van der Waals surface area contributed by atoms with E-state index in [1.807, 2.05) is 6.92 Å². The van der Waals surface area contributed by atoms with Crippen molar-refractivity contribution in [2.24, 2.45) is 0 Å². The fourth-order valence-corrected chi connectivity index (χ4v) is 3.52. The van der Waals surface area contributed by atoms with E-state index in [0.29, 0.717) is 43.7 Å². The van der Waals surface area contributed by atoms with Crippen molar-refractivity contribution >= 4 is 11.8 Å². The highest BCUT2D eigenvalue weighted by Gasteiger charge is 2.24. The van der Waals surface area contributed by atoms with Crippen LogP contribution in [0.5, 0.6) is 11.5 Å². The van der Waals surface area contributed by atoms with Crippen LogP contribution in [0, 0.1) is 0 Å². The Morgan fingerprint density at radius 2 is 1.65 bits per heavy atom. The number of carbonyl (C=O) groups excluding carboxylic acids is 2. The van der Waals surface area contributed by atoms with Crippen LogP contribution in [0.25, 0.3) is 0 Å². The Morgan fingerprint density at radius 3 is 2.23 bits per heavy atom. The van der Waals surface area contributed by atoms with Crippen LogP contribution in [-0.4, -0.2) is 49.1 Å². The monoisotopic (exact) mass is 432 g/mol. The molecule has 0 atom stereocenters. The van der Waals surface area contributed by atoms with Gasteiger partial charge < -0.3 is 19.7 Å². The van der Waals surface area contributed by atoms with Crippen LogP contribution in [0.1, 0.15) is 35.7 Å². The number of ether oxygens (including phenoxy) is 2. The van der Waals surface area contributed by atoms with E-state index in [1.165, 1.54) is 12.1 Å². The van der Waals surface area contributed by atoms with Crippen LogP contribution < -0.4 is 14.8 Å². The summed E-state index contributed by atoms with van der Waals surface area (Å²) >= 11 is 0. The summed E-state index contributed by atoms with van der Waals surface area (Å²) in [7, 11) is 0. The second-order valence-electron chi connectivity index (χ2n) is 7.29. The minimum Gasteiger partial charge on any atom is -0.494 e. The van der Waals surface area contributed by atoms with E-state index in [0.717, 1.165) is 5.75 Å². The molecule has 1 aliphatic rings. The summed E-state index contributed by atoms with van der Waals surface area (Å²) in [5.74, 6) is 0.623. The van der Waals surface area contributed by atoms with Crippen LogP contribution in [0.3, 0.4) is 0 Å². The Balaban J connectivity index is 1.44. The number of hydrogen-bond donors (Lipinski definition) is 1. The summed E-state index contributed by atoms with van der Waals surface area (Å²) in [6, 6.07) is 13.1. The molecule has 1 fully saturated rings. The summed E-state index contributed by atoms with van der Waals surface area (Å²) in [5, 5.41) is 2.99. The van der Waals surface area contributed by atoms with Crippen LogP contribution >= 0.6 is 0 Å². The van der Waals surface area contributed by atoms with Crippen LogP contribution in [0.2, 0.25) is 0 Å². The van der Waals surface area contributed by atoms with Crippen LogP contribution in [-0.2, 0) is 11.2 Å². The Kier molecular flexibility index (Phi) is 7.81. The highest BCUT2D eigenvalue weighted by Crippen LogP contribution is 2.18. The van der Waals surface area contributed by atoms with E-state index in [1.54, 1.807) is 41.3 Å². The van der Waals surface area contributed by atoms with E-state index in [2.05, 4.69) is 10.1 Å². The molecule has 166 valence electrons. The zero-order valence-corrected chi connectivity index (χ0v) is 17.4. The maximum absolute atomic E-state index is 12.7. The number of hydrogen-bond acceptors (Lipinski definition) is 4. The molecule has 0 saturated carbocycles. The third kappa shape index (κ3) is 6.67. The summed E-state index contributed by atoms with van der Waals surface area (Å²) in [5.41, 5.74) is 1.33. The SMILES string of the molecule is CCOc1ccc(C(=O)N2CCC(NC(=O)Cc3ccc(OC(F)F)cc3)CC2)cc1. The second-order valence-corrected chi connectivity index (χ2v) is 7.29. The molecule has 1 heterocycles. The largest absolute Gasteiger partial charge is 0.494 e. The van der Waals surface area contributed by atoms with Gasteiger partial charge in [0.25, 0.3) is 5.91 Å². The van der Waals surface area contributed by atoms with Gasteiger partial charge in [-0.15, -0.1) is 0 Å². The normalized spacial score (nSPS) is 14.4. The molecule has 8 heteroatoms. The van der Waals surface area contributed by atoms with Gasteiger partial charge in [0.1, 0.15) is 11.5 Å². The minimum atomic E-state index is -2.87. The average molecular weight is 432 g/mol. The molecule has 2 aromatic carbocycles. The van der Waals surface area contributed by atoms with E-state index in [4.69, 9.17) is 4.74 Å². The third-order valence-corrected chi connectivity index (χ3v) is 5.07. The molecule has 0 unspecified atom stereocenters. The molecule has 1 aliphatic heterocycles. The molecular weight excluding hydrogens is 406 g/mol. The number of piperidine rings is 1. The molecule has 1 saturated heterocycles. The minimum absolute atomic E-state index is 0.00156. The first-order valence-corrected chi connectivity index (χ1v) is 10.3. The first kappa shape index (κ1) is 22.5. The van der Waals surface area contributed by atoms with Crippen molar-refractivity contribution in [1.82, 2.24) is 10.2 Å². The molecule has 2 aromatic rings. The molecule has 6 nitrogen and oxygen atoms in total. The summed E-state index contributed by atoms with van der Waals surface area (Å²) in [6.45, 7) is 0.739. The number of halogens is 2. The number of amides is 2. The molecule has 0 aromatic heterocycles. The van der Waals surface area contributed by atoms with E-state index < -0.39 is 6.61 Å². The second kappa shape index (κ2) is 10.7. The molecule has 0 radical (unpaired) electrons. The third-order valence-electron chi connectivity index (χ3n) is 5.07. The lowest BCUT2D eigenvalue weighted by Crippen LogP contribution is -2.46. The molecule has 0 aliphatic carbocycles. The quantitative estimate of drug-likeness (QED) is 0.692. The number of benzene rings is 2. The van der Waals surface area contributed by atoms with Gasteiger partial charge in [0, 0.05) is 24.7 Å². The molecule has 3 rings (SSSR count). The molecule has 0 bridgehead atoms. The van der Waals surface area contributed by atoms with Gasteiger partial charge in [0.15, 0.2) is 0 Å². The van der Waals surface area contributed by atoms with Crippen molar-refractivity contribution in [2.45, 2.75) is 38.8 Å². The first-order chi connectivity index (χ1) is 14.9. The predicted molar refractivity (Wildman–Crippen MR) is 111 cm³/mol. The summed E-state index contributed by atoms with van der Waals surface area (Å²) in [6.07, 6.45) is 1.51. The van der Waals surface area contributed by atoms with Crippen molar-refractivity contribution in [3.63, 3.8) is 0 Å². The van der Waals surface area contributed by atoms with Crippen molar-refractivity contribution in [2.75, 3.05) is 19.7 Å². The van der Waals surface area contributed by atoms with Gasteiger partial charge in [-0.25, -0.2) is 0 Å². The highest BCUT2D eigenvalue weighted by atomic mass is 19.3. The number of alkyl halides is 2. The Morgan fingerprint density at radius 1 is 1.03 bits per heavy atom. The highest BCUT2D eigenvalue weighted by molar-refractivity contribution is 5.94. The molecular formula is C23H26F2N2O4. The number of rotatable bonds is 8. The Bertz CT molecular complexity index is 864.